The van der Waals surface area contributed by atoms with Gasteiger partial charge in [0.1, 0.15) is 0 Å². The van der Waals surface area contributed by atoms with E-state index in [1.165, 1.54) is 6.92 Å². The Labute approximate surface area is 92.6 Å². The third-order valence-electron chi connectivity index (χ3n) is 0.432. The van der Waals surface area contributed by atoms with E-state index in [-0.39, 0.29) is 36.2 Å². The maximum atomic E-state index is 10.3. The van der Waals surface area contributed by atoms with Gasteiger partial charge in [0, 0.05) is 0 Å². The average Bonchev–Trinajstić information content (AvgIpc) is 1.55. The number of rotatable bonds is 4. The van der Waals surface area contributed by atoms with Crippen molar-refractivity contribution in [3.63, 3.8) is 0 Å². The van der Waals surface area contributed by atoms with Crippen LogP contribution in [0.25, 0.3) is 0 Å². The van der Waals surface area contributed by atoms with E-state index in [4.69, 9.17) is 4.55 Å². The Kier molecular flexibility index (Phi) is 6.99. The van der Waals surface area contributed by atoms with Crippen LogP contribution in [0.3, 0.4) is 0 Å². The summed E-state index contributed by atoms with van der Waals surface area (Å²) in [7, 11) is -9.64. The number of hydrogen-bond donors (Lipinski definition) is 1. The summed E-state index contributed by atoms with van der Waals surface area (Å²) in [6.07, 6.45) is 0. The van der Waals surface area contributed by atoms with Crippen LogP contribution in [0.4, 0.5) is 0 Å². The molecule has 12 heavy (non-hydrogen) atoms. The third-order valence-corrected chi connectivity index (χ3v) is 2.31. The summed E-state index contributed by atoms with van der Waals surface area (Å²) in [6, 6.07) is 0. The van der Waals surface area contributed by atoms with Crippen LogP contribution in [-0.2, 0) is 28.6 Å². The molecule has 0 aromatic carbocycles. The summed E-state index contributed by atoms with van der Waals surface area (Å²) in [5, 5.41) is 0. The maximum absolute atomic E-state index is 10.3. The van der Waals surface area contributed by atoms with E-state index in [0.717, 1.165) is 0 Å². The molecule has 0 spiro atoms. The molecule has 0 unspecified atom stereocenters. The van der Waals surface area contributed by atoms with Crippen LogP contribution in [0.1, 0.15) is 6.92 Å². The SMILES string of the molecule is CCOS(=O)(=O)OS(=O)(=O)O.[NaH]. The van der Waals surface area contributed by atoms with Crippen molar-refractivity contribution in [1.29, 1.82) is 0 Å². The fourth-order valence-corrected chi connectivity index (χ4v) is 1.56. The van der Waals surface area contributed by atoms with Crippen LogP contribution >= 0.6 is 0 Å². The molecule has 7 nitrogen and oxygen atoms in total. The first-order valence-electron chi connectivity index (χ1n) is 2.35. The molecule has 10 heteroatoms. The van der Waals surface area contributed by atoms with Gasteiger partial charge in [0.15, 0.2) is 0 Å². The molecule has 0 aromatic rings. The van der Waals surface area contributed by atoms with Gasteiger partial charge in [-0.25, -0.2) is 4.18 Å². The molecule has 70 valence electrons. The summed E-state index contributed by atoms with van der Waals surface area (Å²) < 4.78 is 54.9. The predicted octanol–water partition coefficient (Wildman–Crippen LogP) is -1.56. The van der Waals surface area contributed by atoms with Gasteiger partial charge in [-0.3, -0.25) is 4.55 Å². The second kappa shape index (κ2) is 5.50. The molecule has 0 heterocycles. The molecule has 0 saturated heterocycles. The van der Waals surface area contributed by atoms with Crippen molar-refractivity contribution in [3.8, 4) is 0 Å². The summed E-state index contributed by atoms with van der Waals surface area (Å²) in [5.74, 6) is 0. The average molecular weight is 230 g/mol. The summed E-state index contributed by atoms with van der Waals surface area (Å²) in [5.41, 5.74) is 0. The van der Waals surface area contributed by atoms with Crippen LogP contribution in [0.5, 0.6) is 0 Å². The van der Waals surface area contributed by atoms with E-state index in [2.05, 4.69) is 7.81 Å². The van der Waals surface area contributed by atoms with Gasteiger partial charge in [0.25, 0.3) is 0 Å². The second-order valence-corrected chi connectivity index (χ2v) is 3.76. The first kappa shape index (κ1) is 15.3. The van der Waals surface area contributed by atoms with Gasteiger partial charge in [-0.2, -0.15) is 16.8 Å². The van der Waals surface area contributed by atoms with Crippen molar-refractivity contribution in [1.82, 2.24) is 0 Å². The molecule has 0 aliphatic rings. The molecular formula is C2H7NaO7S2. The van der Waals surface area contributed by atoms with E-state index in [0.29, 0.717) is 0 Å². The van der Waals surface area contributed by atoms with E-state index in [9.17, 15) is 16.8 Å². The first-order valence-corrected chi connectivity index (χ1v) is 5.04. The minimum atomic E-state index is -5.02. The molecule has 0 saturated carbocycles. The van der Waals surface area contributed by atoms with Crippen molar-refractivity contribution >= 4 is 50.4 Å². The standard InChI is InChI=1S/C2H6O7S2.Na.H/c1-2-8-11(6,7)9-10(3,4)5;;/h2H2,1H3,(H,3,4,5);;. The summed E-state index contributed by atoms with van der Waals surface area (Å²) in [4.78, 5) is 0. The van der Waals surface area contributed by atoms with Gasteiger partial charge in [-0.15, -0.1) is 3.63 Å². The zero-order valence-electron chi connectivity index (χ0n) is 5.42. The van der Waals surface area contributed by atoms with Crippen LogP contribution in [-0.4, -0.2) is 57.6 Å². The third kappa shape index (κ3) is 8.87. The monoisotopic (exact) mass is 230 g/mol. The minimum absolute atomic E-state index is 0. The fraction of sp³-hybridized carbons (Fsp3) is 1.00. The van der Waals surface area contributed by atoms with Gasteiger partial charge in [-0.05, 0) is 6.92 Å². The van der Waals surface area contributed by atoms with Crippen LogP contribution < -0.4 is 0 Å². The molecule has 0 bridgehead atoms. The molecule has 0 radical (unpaired) electrons. The zero-order valence-corrected chi connectivity index (χ0v) is 7.05. The van der Waals surface area contributed by atoms with Gasteiger partial charge < -0.3 is 0 Å². The Bertz CT molecular complexity index is 300. The second-order valence-electron chi connectivity index (χ2n) is 1.31. The van der Waals surface area contributed by atoms with Crippen LogP contribution in [0.2, 0.25) is 0 Å². The fourth-order valence-electron chi connectivity index (χ4n) is 0.269. The molecule has 0 atom stereocenters. The summed E-state index contributed by atoms with van der Waals surface area (Å²) in [6.45, 7) is 1.03. The molecule has 0 rings (SSSR count). The Morgan fingerprint density at radius 3 is 1.92 bits per heavy atom. The molecule has 0 aromatic heterocycles. The molecule has 0 fully saturated rings. The van der Waals surface area contributed by atoms with Crippen molar-refractivity contribution in [2.45, 2.75) is 6.92 Å². The molecular weight excluding hydrogens is 223 g/mol. The van der Waals surface area contributed by atoms with Gasteiger partial charge >= 0.3 is 50.4 Å². The van der Waals surface area contributed by atoms with Crippen LogP contribution in [0, 0.1) is 0 Å². The van der Waals surface area contributed by atoms with Crippen molar-refractivity contribution in [3.05, 3.63) is 0 Å². The Hall–Kier alpha value is 0.780. The van der Waals surface area contributed by atoms with Crippen molar-refractivity contribution in [2.24, 2.45) is 0 Å². The van der Waals surface area contributed by atoms with Crippen molar-refractivity contribution < 1.29 is 29.2 Å². The first-order chi connectivity index (χ1) is 4.77. The Morgan fingerprint density at radius 1 is 1.25 bits per heavy atom. The quantitative estimate of drug-likeness (QED) is 0.459. The van der Waals surface area contributed by atoms with Crippen LogP contribution in [0.15, 0.2) is 0 Å². The van der Waals surface area contributed by atoms with E-state index < -0.39 is 20.8 Å². The summed E-state index contributed by atoms with van der Waals surface area (Å²) >= 11 is 0. The van der Waals surface area contributed by atoms with Gasteiger partial charge in [-0.1, -0.05) is 0 Å². The Balaban J connectivity index is 0. The van der Waals surface area contributed by atoms with Gasteiger partial charge in [0.2, 0.25) is 0 Å². The molecule has 0 amide bonds. The topological polar surface area (TPSA) is 107 Å². The molecule has 1 N–H and O–H groups in total. The van der Waals surface area contributed by atoms with Crippen molar-refractivity contribution in [2.75, 3.05) is 6.61 Å². The normalized spacial score (nSPS) is 12.2. The number of hydrogen-bond acceptors (Lipinski definition) is 6. The van der Waals surface area contributed by atoms with E-state index >= 15 is 0 Å². The zero-order chi connectivity index (χ0) is 9.12. The molecule has 0 aliphatic carbocycles. The Morgan fingerprint density at radius 2 is 1.67 bits per heavy atom. The molecule has 0 aliphatic heterocycles. The van der Waals surface area contributed by atoms with E-state index in [1.807, 2.05) is 0 Å². The van der Waals surface area contributed by atoms with Gasteiger partial charge in [0.05, 0.1) is 6.61 Å². The predicted molar refractivity (Wildman–Crippen MR) is 40.3 cm³/mol. The van der Waals surface area contributed by atoms with E-state index in [1.54, 1.807) is 0 Å².